The standard InChI is InChI=1S/C10H21N3O/c1-13(2)10(14)12-7-6-11-8-9-4-3-5-9/h9,11H,3-8H2,1-2H3,(H,12,14). The van der Waals surface area contributed by atoms with E-state index >= 15 is 0 Å². The zero-order valence-electron chi connectivity index (χ0n) is 9.18. The van der Waals surface area contributed by atoms with Gasteiger partial charge in [0.15, 0.2) is 0 Å². The summed E-state index contributed by atoms with van der Waals surface area (Å²) < 4.78 is 0. The Morgan fingerprint density at radius 2 is 2.07 bits per heavy atom. The van der Waals surface area contributed by atoms with Crippen LogP contribution < -0.4 is 10.6 Å². The largest absolute Gasteiger partial charge is 0.337 e. The van der Waals surface area contributed by atoms with Gasteiger partial charge < -0.3 is 15.5 Å². The van der Waals surface area contributed by atoms with E-state index in [9.17, 15) is 4.79 Å². The fourth-order valence-corrected chi connectivity index (χ4v) is 1.42. The molecule has 1 aliphatic carbocycles. The number of amides is 2. The van der Waals surface area contributed by atoms with E-state index in [1.54, 1.807) is 19.0 Å². The molecule has 0 aromatic rings. The second-order valence-corrected chi connectivity index (χ2v) is 4.13. The molecule has 0 bridgehead atoms. The molecule has 0 atom stereocenters. The molecule has 0 saturated heterocycles. The molecule has 0 aromatic carbocycles. The summed E-state index contributed by atoms with van der Waals surface area (Å²) in [5, 5.41) is 6.16. The van der Waals surface area contributed by atoms with E-state index < -0.39 is 0 Å². The Bertz CT molecular complexity index is 178. The molecule has 0 radical (unpaired) electrons. The summed E-state index contributed by atoms with van der Waals surface area (Å²) in [5.74, 6) is 0.888. The van der Waals surface area contributed by atoms with Crippen LogP contribution in [0.15, 0.2) is 0 Å². The first-order valence-corrected chi connectivity index (χ1v) is 5.36. The molecule has 0 spiro atoms. The van der Waals surface area contributed by atoms with Gasteiger partial charge in [0.1, 0.15) is 0 Å². The third-order valence-corrected chi connectivity index (χ3v) is 2.64. The quantitative estimate of drug-likeness (QED) is 0.638. The molecule has 2 N–H and O–H groups in total. The molecular weight excluding hydrogens is 178 g/mol. The maximum atomic E-state index is 11.1. The average molecular weight is 199 g/mol. The Hall–Kier alpha value is -0.770. The first kappa shape index (κ1) is 11.3. The predicted octanol–water partition coefficient (Wildman–Crippen LogP) is 0.647. The normalized spacial score (nSPS) is 16.1. The Labute approximate surface area is 86.0 Å². The fourth-order valence-electron chi connectivity index (χ4n) is 1.42. The van der Waals surface area contributed by atoms with Gasteiger partial charge in [0.25, 0.3) is 0 Å². The average Bonchev–Trinajstić information content (AvgIpc) is 2.07. The lowest BCUT2D eigenvalue weighted by atomic mass is 9.85. The van der Waals surface area contributed by atoms with Gasteiger partial charge in [-0.2, -0.15) is 0 Å². The van der Waals surface area contributed by atoms with E-state index in [1.807, 2.05) is 0 Å². The molecule has 1 fully saturated rings. The van der Waals surface area contributed by atoms with Crippen LogP contribution in [0.5, 0.6) is 0 Å². The molecule has 0 aromatic heterocycles. The Morgan fingerprint density at radius 1 is 1.36 bits per heavy atom. The molecule has 1 rings (SSSR count). The van der Waals surface area contributed by atoms with E-state index in [0.29, 0.717) is 6.54 Å². The van der Waals surface area contributed by atoms with Crippen LogP contribution in [0.3, 0.4) is 0 Å². The van der Waals surface area contributed by atoms with Crippen molar-refractivity contribution in [3.63, 3.8) is 0 Å². The summed E-state index contributed by atoms with van der Waals surface area (Å²) in [4.78, 5) is 12.6. The van der Waals surface area contributed by atoms with Crippen molar-refractivity contribution < 1.29 is 4.79 Å². The van der Waals surface area contributed by atoms with Crippen molar-refractivity contribution in [3.8, 4) is 0 Å². The van der Waals surface area contributed by atoms with Crippen molar-refractivity contribution in [2.45, 2.75) is 19.3 Å². The molecule has 14 heavy (non-hydrogen) atoms. The Balaban J connectivity index is 1.86. The van der Waals surface area contributed by atoms with E-state index in [2.05, 4.69) is 10.6 Å². The highest BCUT2D eigenvalue weighted by molar-refractivity contribution is 5.73. The minimum Gasteiger partial charge on any atom is -0.337 e. The third-order valence-electron chi connectivity index (χ3n) is 2.64. The van der Waals surface area contributed by atoms with Crippen molar-refractivity contribution in [1.82, 2.24) is 15.5 Å². The van der Waals surface area contributed by atoms with E-state index in [4.69, 9.17) is 0 Å². The number of nitrogens with one attached hydrogen (secondary N) is 2. The summed E-state index contributed by atoms with van der Waals surface area (Å²) in [6, 6.07) is -0.0181. The highest BCUT2D eigenvalue weighted by Gasteiger charge is 2.15. The van der Waals surface area contributed by atoms with Crippen molar-refractivity contribution in [1.29, 1.82) is 0 Å². The SMILES string of the molecule is CN(C)C(=O)NCCNCC1CCC1. The molecule has 4 nitrogen and oxygen atoms in total. The third kappa shape index (κ3) is 3.96. The number of urea groups is 1. The lowest BCUT2D eigenvalue weighted by Gasteiger charge is -2.25. The zero-order chi connectivity index (χ0) is 10.4. The molecule has 82 valence electrons. The number of hydrogen-bond acceptors (Lipinski definition) is 2. The number of nitrogens with zero attached hydrogens (tertiary/aromatic N) is 1. The van der Waals surface area contributed by atoms with Crippen LogP contribution in [0, 0.1) is 5.92 Å². The molecule has 4 heteroatoms. The minimum absolute atomic E-state index is 0.0181. The maximum absolute atomic E-state index is 11.1. The van der Waals surface area contributed by atoms with Crippen LogP contribution in [-0.4, -0.2) is 44.7 Å². The molecule has 1 aliphatic rings. The smallest absolute Gasteiger partial charge is 0.316 e. The van der Waals surface area contributed by atoms with E-state index in [0.717, 1.165) is 19.0 Å². The van der Waals surface area contributed by atoms with Gasteiger partial charge >= 0.3 is 6.03 Å². The van der Waals surface area contributed by atoms with Crippen LogP contribution in [-0.2, 0) is 0 Å². The van der Waals surface area contributed by atoms with Gasteiger partial charge in [-0.3, -0.25) is 0 Å². The number of hydrogen-bond donors (Lipinski definition) is 2. The molecule has 1 saturated carbocycles. The Kier molecular flexibility index (Phi) is 4.73. The highest BCUT2D eigenvalue weighted by Crippen LogP contribution is 2.24. The van der Waals surface area contributed by atoms with Crippen LogP contribution in [0.1, 0.15) is 19.3 Å². The number of rotatable bonds is 5. The summed E-state index contributed by atoms with van der Waals surface area (Å²) in [6.45, 7) is 2.69. The first-order chi connectivity index (χ1) is 6.70. The van der Waals surface area contributed by atoms with Gasteiger partial charge in [0.2, 0.25) is 0 Å². The van der Waals surface area contributed by atoms with Crippen molar-refractivity contribution in [2.75, 3.05) is 33.7 Å². The molecular formula is C10H21N3O. The minimum atomic E-state index is -0.0181. The van der Waals surface area contributed by atoms with Crippen LogP contribution in [0.2, 0.25) is 0 Å². The zero-order valence-corrected chi connectivity index (χ0v) is 9.18. The second-order valence-electron chi connectivity index (χ2n) is 4.13. The summed E-state index contributed by atoms with van der Waals surface area (Å²) in [6.07, 6.45) is 4.14. The molecule has 0 heterocycles. The van der Waals surface area contributed by atoms with Gasteiger partial charge in [-0.1, -0.05) is 6.42 Å². The lowest BCUT2D eigenvalue weighted by molar-refractivity contribution is 0.217. The van der Waals surface area contributed by atoms with Gasteiger partial charge in [0.05, 0.1) is 0 Å². The fraction of sp³-hybridized carbons (Fsp3) is 0.900. The summed E-state index contributed by atoms with van der Waals surface area (Å²) in [5.41, 5.74) is 0. The summed E-state index contributed by atoms with van der Waals surface area (Å²) in [7, 11) is 3.49. The first-order valence-electron chi connectivity index (χ1n) is 5.36. The monoisotopic (exact) mass is 199 g/mol. The predicted molar refractivity (Wildman–Crippen MR) is 57.3 cm³/mol. The van der Waals surface area contributed by atoms with Gasteiger partial charge in [-0.15, -0.1) is 0 Å². The van der Waals surface area contributed by atoms with Gasteiger partial charge in [0, 0.05) is 27.2 Å². The maximum Gasteiger partial charge on any atom is 0.316 e. The molecule has 0 unspecified atom stereocenters. The van der Waals surface area contributed by atoms with E-state index in [1.165, 1.54) is 19.3 Å². The number of carbonyl (C=O) groups excluding carboxylic acids is 1. The van der Waals surface area contributed by atoms with E-state index in [-0.39, 0.29) is 6.03 Å². The van der Waals surface area contributed by atoms with Gasteiger partial charge in [-0.05, 0) is 25.3 Å². The number of carbonyl (C=O) groups is 1. The van der Waals surface area contributed by atoms with Gasteiger partial charge in [-0.25, -0.2) is 4.79 Å². The molecule has 2 amide bonds. The van der Waals surface area contributed by atoms with Crippen LogP contribution in [0.4, 0.5) is 4.79 Å². The molecule has 0 aliphatic heterocycles. The van der Waals surface area contributed by atoms with Crippen molar-refractivity contribution >= 4 is 6.03 Å². The lowest BCUT2D eigenvalue weighted by Crippen LogP contribution is -2.39. The second kappa shape index (κ2) is 5.86. The van der Waals surface area contributed by atoms with Crippen molar-refractivity contribution in [3.05, 3.63) is 0 Å². The summed E-state index contributed by atoms with van der Waals surface area (Å²) >= 11 is 0. The highest BCUT2D eigenvalue weighted by atomic mass is 16.2. The van der Waals surface area contributed by atoms with Crippen LogP contribution >= 0.6 is 0 Å². The van der Waals surface area contributed by atoms with Crippen molar-refractivity contribution in [2.24, 2.45) is 5.92 Å². The topological polar surface area (TPSA) is 44.4 Å². The Morgan fingerprint density at radius 3 is 2.57 bits per heavy atom. The van der Waals surface area contributed by atoms with Crippen LogP contribution in [0.25, 0.3) is 0 Å².